The molecule has 0 aliphatic carbocycles. The van der Waals surface area contributed by atoms with Gasteiger partial charge in [-0.1, -0.05) is 12.1 Å². The minimum Gasteiger partial charge on any atom is -0.292 e. The molecule has 1 aromatic carbocycles. The summed E-state index contributed by atoms with van der Waals surface area (Å²) >= 11 is 5.35. The summed E-state index contributed by atoms with van der Waals surface area (Å²) in [6.07, 6.45) is 0.607. The third kappa shape index (κ3) is 1.55. The fraction of sp³-hybridized carbons (Fsp3) is 0.222. The van der Waals surface area contributed by atoms with Gasteiger partial charge < -0.3 is 0 Å². The lowest BCUT2D eigenvalue weighted by atomic mass is 10.1. The molecule has 0 radical (unpaired) electrons. The second-order valence-corrected chi connectivity index (χ2v) is 3.52. The number of anilines is 1. The standard InChI is InChI=1S/C9H7ClN2O3/c10-9(13)11-5-4-6-2-1-3-7(8(6)11)12(14)15/h1-3H,4-5H2. The van der Waals surface area contributed by atoms with E-state index >= 15 is 0 Å². The Labute approximate surface area is 90.4 Å². The van der Waals surface area contributed by atoms with Gasteiger partial charge in [-0.15, -0.1) is 0 Å². The van der Waals surface area contributed by atoms with Crippen molar-refractivity contribution in [2.24, 2.45) is 0 Å². The highest BCUT2D eigenvalue weighted by molar-refractivity contribution is 6.66. The lowest BCUT2D eigenvalue weighted by molar-refractivity contribution is -0.384. The Morgan fingerprint density at radius 2 is 2.27 bits per heavy atom. The molecule has 2 rings (SSSR count). The van der Waals surface area contributed by atoms with Gasteiger partial charge in [0.2, 0.25) is 0 Å². The molecule has 0 fully saturated rings. The van der Waals surface area contributed by atoms with Gasteiger partial charge in [-0.05, 0) is 23.6 Å². The van der Waals surface area contributed by atoms with E-state index in [1.165, 1.54) is 11.0 Å². The third-order valence-corrected chi connectivity index (χ3v) is 2.59. The number of hydrogen-bond acceptors (Lipinski definition) is 3. The van der Waals surface area contributed by atoms with Crippen molar-refractivity contribution in [1.82, 2.24) is 0 Å². The second kappa shape index (κ2) is 3.51. The monoisotopic (exact) mass is 226 g/mol. The maximum absolute atomic E-state index is 11.1. The highest BCUT2D eigenvalue weighted by Crippen LogP contribution is 2.37. The maximum Gasteiger partial charge on any atom is 0.321 e. The predicted octanol–water partition coefficient (Wildman–Crippen LogP) is 2.32. The first-order valence-electron chi connectivity index (χ1n) is 4.34. The van der Waals surface area contributed by atoms with Crippen LogP contribution in [0.5, 0.6) is 0 Å². The van der Waals surface area contributed by atoms with Crippen molar-refractivity contribution < 1.29 is 9.72 Å². The first kappa shape index (κ1) is 9.92. The highest BCUT2D eigenvalue weighted by Gasteiger charge is 2.30. The Bertz CT molecular complexity index is 447. The van der Waals surface area contributed by atoms with Crippen molar-refractivity contribution in [3.8, 4) is 0 Å². The number of nitro benzene ring substituents is 1. The molecule has 78 valence electrons. The Hall–Kier alpha value is -1.62. The summed E-state index contributed by atoms with van der Waals surface area (Å²) in [7, 11) is 0. The van der Waals surface area contributed by atoms with Crippen LogP contribution >= 0.6 is 11.6 Å². The van der Waals surface area contributed by atoms with Crippen LogP contribution in [0.3, 0.4) is 0 Å². The van der Waals surface area contributed by atoms with Gasteiger partial charge >= 0.3 is 5.37 Å². The SMILES string of the molecule is O=C(Cl)N1CCc2cccc([N+](=O)[O-])c21. The second-order valence-electron chi connectivity index (χ2n) is 3.20. The molecule has 5 nitrogen and oxygen atoms in total. The molecule has 0 atom stereocenters. The van der Waals surface area contributed by atoms with Crippen molar-refractivity contribution in [1.29, 1.82) is 0 Å². The van der Waals surface area contributed by atoms with E-state index in [9.17, 15) is 14.9 Å². The van der Waals surface area contributed by atoms with Gasteiger partial charge in [-0.25, -0.2) is 0 Å². The summed E-state index contributed by atoms with van der Waals surface area (Å²) in [6.45, 7) is 0.405. The van der Waals surface area contributed by atoms with Gasteiger partial charge in [0.15, 0.2) is 0 Å². The molecular weight excluding hydrogens is 220 g/mol. The van der Waals surface area contributed by atoms with E-state index in [1.54, 1.807) is 12.1 Å². The number of fused-ring (bicyclic) bond motifs is 1. The molecule has 0 aromatic heterocycles. The fourth-order valence-corrected chi connectivity index (χ4v) is 1.93. The molecule has 0 saturated carbocycles. The Morgan fingerprint density at radius 1 is 1.53 bits per heavy atom. The van der Waals surface area contributed by atoms with Crippen LogP contribution in [0.4, 0.5) is 16.2 Å². The zero-order valence-corrected chi connectivity index (χ0v) is 8.40. The lowest BCUT2D eigenvalue weighted by Gasteiger charge is -2.12. The van der Waals surface area contributed by atoms with Crippen molar-refractivity contribution >= 4 is 28.3 Å². The number of hydrogen-bond donors (Lipinski definition) is 0. The van der Waals surface area contributed by atoms with Crippen LogP contribution in [0.25, 0.3) is 0 Å². The van der Waals surface area contributed by atoms with E-state index < -0.39 is 10.3 Å². The van der Waals surface area contributed by atoms with Gasteiger partial charge in [0.25, 0.3) is 5.69 Å². The average molecular weight is 227 g/mol. The van der Waals surface area contributed by atoms with E-state index in [1.807, 2.05) is 0 Å². The number of nitrogens with zero attached hydrogens (tertiary/aromatic N) is 2. The number of halogens is 1. The molecule has 1 amide bonds. The first-order valence-corrected chi connectivity index (χ1v) is 4.72. The summed E-state index contributed by atoms with van der Waals surface area (Å²) in [4.78, 5) is 22.5. The van der Waals surface area contributed by atoms with Crippen LogP contribution in [0, 0.1) is 10.1 Å². The molecule has 0 saturated heterocycles. The number of para-hydroxylation sites is 1. The largest absolute Gasteiger partial charge is 0.321 e. The van der Waals surface area contributed by atoms with Gasteiger partial charge in [0.1, 0.15) is 5.69 Å². The van der Waals surface area contributed by atoms with Crippen LogP contribution in [0.1, 0.15) is 5.56 Å². The average Bonchev–Trinajstić information content (AvgIpc) is 2.60. The minimum absolute atomic E-state index is 0.0704. The van der Waals surface area contributed by atoms with Gasteiger partial charge in [-0.2, -0.15) is 0 Å². The normalized spacial score (nSPS) is 13.8. The molecule has 0 bridgehead atoms. The van der Waals surface area contributed by atoms with Crippen LogP contribution in [-0.4, -0.2) is 16.8 Å². The minimum atomic E-state index is -0.678. The molecule has 0 spiro atoms. The molecular formula is C9H7ClN2O3. The molecule has 0 unspecified atom stereocenters. The van der Waals surface area contributed by atoms with Gasteiger partial charge in [0, 0.05) is 12.6 Å². The molecule has 6 heteroatoms. The Kier molecular flexibility index (Phi) is 2.32. The zero-order chi connectivity index (χ0) is 11.0. The predicted molar refractivity (Wildman–Crippen MR) is 55.4 cm³/mol. The van der Waals surface area contributed by atoms with Crippen LogP contribution in [0.15, 0.2) is 18.2 Å². The Morgan fingerprint density at radius 3 is 2.87 bits per heavy atom. The molecule has 0 N–H and O–H groups in total. The first-order chi connectivity index (χ1) is 7.11. The molecule has 15 heavy (non-hydrogen) atoms. The quantitative estimate of drug-likeness (QED) is 0.319. The number of rotatable bonds is 1. The van der Waals surface area contributed by atoms with Crippen molar-refractivity contribution in [3.05, 3.63) is 33.9 Å². The van der Waals surface area contributed by atoms with E-state index in [0.29, 0.717) is 18.7 Å². The number of nitro groups is 1. The summed E-state index contributed by atoms with van der Waals surface area (Å²) in [6, 6.07) is 4.75. The molecule has 1 heterocycles. The highest BCUT2D eigenvalue weighted by atomic mass is 35.5. The van der Waals surface area contributed by atoms with Crippen molar-refractivity contribution in [2.75, 3.05) is 11.4 Å². The molecule has 1 aliphatic rings. The van der Waals surface area contributed by atoms with Gasteiger partial charge in [0.05, 0.1) is 4.92 Å². The topological polar surface area (TPSA) is 63.5 Å². The van der Waals surface area contributed by atoms with Crippen LogP contribution in [0.2, 0.25) is 0 Å². The number of carbonyl (C=O) groups excluding carboxylic acids is 1. The number of amides is 1. The fourth-order valence-electron chi connectivity index (χ4n) is 1.76. The van der Waals surface area contributed by atoms with Crippen molar-refractivity contribution in [3.63, 3.8) is 0 Å². The molecule has 1 aliphatic heterocycles. The van der Waals surface area contributed by atoms with Crippen LogP contribution in [-0.2, 0) is 6.42 Å². The van der Waals surface area contributed by atoms with Crippen molar-refractivity contribution in [2.45, 2.75) is 6.42 Å². The summed E-state index contributed by atoms with van der Waals surface area (Å²) in [5.74, 6) is 0. The van der Waals surface area contributed by atoms with E-state index in [4.69, 9.17) is 11.6 Å². The Balaban J connectivity index is 2.58. The molecule has 1 aromatic rings. The number of benzene rings is 1. The number of carbonyl (C=O) groups is 1. The smallest absolute Gasteiger partial charge is 0.292 e. The van der Waals surface area contributed by atoms with Gasteiger partial charge in [-0.3, -0.25) is 19.8 Å². The summed E-state index contributed by atoms with van der Waals surface area (Å²) < 4.78 is 0. The summed E-state index contributed by atoms with van der Waals surface area (Å²) in [5.41, 5.74) is 1.06. The van der Waals surface area contributed by atoms with E-state index in [2.05, 4.69) is 0 Å². The maximum atomic E-state index is 11.1. The van der Waals surface area contributed by atoms with E-state index in [-0.39, 0.29) is 5.69 Å². The third-order valence-electron chi connectivity index (χ3n) is 2.38. The zero-order valence-electron chi connectivity index (χ0n) is 7.64. The lowest BCUT2D eigenvalue weighted by Crippen LogP contribution is -2.23. The van der Waals surface area contributed by atoms with Crippen LogP contribution < -0.4 is 4.90 Å². The summed E-state index contributed by atoms with van der Waals surface area (Å²) in [5, 5.41) is 10.1. The van der Waals surface area contributed by atoms with E-state index in [0.717, 1.165) is 5.56 Å².